The quantitative estimate of drug-likeness (QED) is 0.828. The number of rotatable bonds is 5. The number of amides is 3. The highest BCUT2D eigenvalue weighted by Crippen LogP contribution is 2.09. The van der Waals surface area contributed by atoms with Gasteiger partial charge in [0.15, 0.2) is 0 Å². The highest BCUT2D eigenvalue weighted by Gasteiger charge is 2.24. The standard InChI is InChI=1S/C21H23FN4O3/c1-15(27)25-11-13-26(14-12-25)21(29)19-8-4-7-18(24-19)20(28)23-10-9-16-5-2-3-6-17(16)22/h2-8H,9-14H2,1H3,(H,23,28). The molecule has 0 bridgehead atoms. The third-order valence-corrected chi connectivity index (χ3v) is 4.85. The van der Waals surface area contributed by atoms with E-state index in [1.165, 1.54) is 19.1 Å². The molecule has 1 N–H and O–H groups in total. The Bertz CT molecular complexity index is 910. The lowest BCUT2D eigenvalue weighted by Gasteiger charge is -2.34. The molecule has 8 heteroatoms. The second kappa shape index (κ2) is 9.27. The Kier molecular flexibility index (Phi) is 6.54. The molecule has 152 valence electrons. The number of hydrogen-bond acceptors (Lipinski definition) is 4. The summed E-state index contributed by atoms with van der Waals surface area (Å²) < 4.78 is 13.6. The molecule has 3 amide bonds. The highest BCUT2D eigenvalue weighted by atomic mass is 19.1. The Morgan fingerprint density at radius 1 is 0.966 bits per heavy atom. The Labute approximate surface area is 168 Å². The number of pyridine rings is 1. The Morgan fingerprint density at radius 3 is 2.31 bits per heavy atom. The number of aromatic nitrogens is 1. The van der Waals surface area contributed by atoms with E-state index in [2.05, 4.69) is 10.3 Å². The van der Waals surface area contributed by atoms with Crippen molar-refractivity contribution in [2.45, 2.75) is 13.3 Å². The maximum atomic E-state index is 13.6. The summed E-state index contributed by atoms with van der Waals surface area (Å²) in [6.07, 6.45) is 0.359. The molecule has 0 spiro atoms. The Morgan fingerprint density at radius 2 is 1.62 bits per heavy atom. The van der Waals surface area contributed by atoms with E-state index in [-0.39, 0.29) is 35.6 Å². The van der Waals surface area contributed by atoms with E-state index in [0.717, 1.165) is 0 Å². The van der Waals surface area contributed by atoms with Gasteiger partial charge in [-0.25, -0.2) is 9.37 Å². The largest absolute Gasteiger partial charge is 0.350 e. The van der Waals surface area contributed by atoms with Gasteiger partial charge in [0.25, 0.3) is 11.8 Å². The van der Waals surface area contributed by atoms with E-state index in [1.54, 1.807) is 40.1 Å². The van der Waals surface area contributed by atoms with Crippen LogP contribution in [0.2, 0.25) is 0 Å². The minimum Gasteiger partial charge on any atom is -0.350 e. The summed E-state index contributed by atoms with van der Waals surface area (Å²) in [5.74, 6) is -1.01. The van der Waals surface area contributed by atoms with E-state index in [1.807, 2.05) is 0 Å². The van der Waals surface area contributed by atoms with Crippen LogP contribution in [0.15, 0.2) is 42.5 Å². The number of benzene rings is 1. The molecule has 0 saturated carbocycles. The van der Waals surface area contributed by atoms with Gasteiger partial charge in [0.05, 0.1) is 0 Å². The van der Waals surface area contributed by atoms with Crippen LogP contribution in [0.1, 0.15) is 33.5 Å². The van der Waals surface area contributed by atoms with Gasteiger partial charge in [-0.2, -0.15) is 0 Å². The van der Waals surface area contributed by atoms with E-state index < -0.39 is 5.91 Å². The van der Waals surface area contributed by atoms with Crippen molar-refractivity contribution in [2.75, 3.05) is 32.7 Å². The van der Waals surface area contributed by atoms with Crippen LogP contribution in [0, 0.1) is 5.82 Å². The first-order valence-electron chi connectivity index (χ1n) is 9.49. The van der Waals surface area contributed by atoms with Crippen LogP contribution >= 0.6 is 0 Å². The molecule has 1 fully saturated rings. The lowest BCUT2D eigenvalue weighted by Crippen LogP contribution is -2.50. The van der Waals surface area contributed by atoms with E-state index in [4.69, 9.17) is 0 Å². The van der Waals surface area contributed by atoms with Crippen molar-refractivity contribution >= 4 is 17.7 Å². The first-order chi connectivity index (χ1) is 14.0. The predicted molar refractivity (Wildman–Crippen MR) is 105 cm³/mol. The van der Waals surface area contributed by atoms with Gasteiger partial charge in [0.2, 0.25) is 5.91 Å². The minimum atomic E-state index is -0.419. The first-order valence-corrected chi connectivity index (χ1v) is 9.49. The predicted octanol–water partition coefficient (Wildman–Crippen LogP) is 1.50. The number of nitrogens with one attached hydrogen (secondary N) is 1. The lowest BCUT2D eigenvalue weighted by atomic mass is 10.1. The molecule has 3 rings (SSSR count). The fourth-order valence-electron chi connectivity index (χ4n) is 3.17. The smallest absolute Gasteiger partial charge is 0.272 e. The molecule has 0 atom stereocenters. The van der Waals surface area contributed by atoms with Crippen molar-refractivity contribution in [1.82, 2.24) is 20.1 Å². The van der Waals surface area contributed by atoms with Crippen molar-refractivity contribution in [2.24, 2.45) is 0 Å². The number of hydrogen-bond donors (Lipinski definition) is 1. The normalized spacial score (nSPS) is 13.9. The molecule has 0 unspecified atom stereocenters. The van der Waals surface area contributed by atoms with Crippen LogP contribution in [-0.4, -0.2) is 65.2 Å². The summed E-state index contributed by atoms with van der Waals surface area (Å²) in [7, 11) is 0. The van der Waals surface area contributed by atoms with E-state index >= 15 is 0 Å². The summed E-state index contributed by atoms with van der Waals surface area (Å²) in [4.78, 5) is 43.9. The van der Waals surface area contributed by atoms with Crippen molar-refractivity contribution in [1.29, 1.82) is 0 Å². The third kappa shape index (κ3) is 5.16. The summed E-state index contributed by atoms with van der Waals surface area (Å²) in [5, 5.41) is 2.70. The zero-order valence-corrected chi connectivity index (χ0v) is 16.2. The third-order valence-electron chi connectivity index (χ3n) is 4.85. The molecule has 29 heavy (non-hydrogen) atoms. The fourth-order valence-corrected chi connectivity index (χ4v) is 3.17. The maximum absolute atomic E-state index is 13.6. The average Bonchev–Trinajstić information content (AvgIpc) is 2.74. The van der Waals surface area contributed by atoms with Crippen molar-refractivity contribution in [3.05, 3.63) is 65.2 Å². The molecule has 0 radical (unpaired) electrons. The van der Waals surface area contributed by atoms with Gasteiger partial charge in [-0.1, -0.05) is 24.3 Å². The molecule has 0 aliphatic carbocycles. The van der Waals surface area contributed by atoms with E-state index in [9.17, 15) is 18.8 Å². The maximum Gasteiger partial charge on any atom is 0.272 e. The number of carbonyl (C=O) groups excluding carboxylic acids is 3. The number of carbonyl (C=O) groups is 3. The minimum absolute atomic E-state index is 0.00993. The molecular weight excluding hydrogens is 375 g/mol. The van der Waals surface area contributed by atoms with Crippen LogP contribution < -0.4 is 5.32 Å². The van der Waals surface area contributed by atoms with Crippen LogP contribution in [0.25, 0.3) is 0 Å². The Hall–Kier alpha value is -3.29. The lowest BCUT2D eigenvalue weighted by molar-refractivity contribution is -0.130. The molecule has 7 nitrogen and oxygen atoms in total. The van der Waals surface area contributed by atoms with Crippen molar-refractivity contribution in [3.8, 4) is 0 Å². The van der Waals surface area contributed by atoms with E-state index in [0.29, 0.717) is 38.2 Å². The van der Waals surface area contributed by atoms with Gasteiger partial charge in [-0.15, -0.1) is 0 Å². The zero-order valence-electron chi connectivity index (χ0n) is 16.2. The molecule has 2 aromatic rings. The SMILES string of the molecule is CC(=O)N1CCN(C(=O)c2cccc(C(=O)NCCc3ccccc3F)n2)CC1. The van der Waals surface area contributed by atoms with Gasteiger partial charge in [-0.3, -0.25) is 14.4 Å². The van der Waals surface area contributed by atoms with Gasteiger partial charge in [-0.05, 0) is 30.2 Å². The van der Waals surface area contributed by atoms with Crippen LogP contribution in [0.4, 0.5) is 4.39 Å². The summed E-state index contributed by atoms with van der Waals surface area (Å²) in [6, 6.07) is 11.1. The monoisotopic (exact) mass is 398 g/mol. The number of nitrogens with zero attached hydrogens (tertiary/aromatic N) is 3. The average molecular weight is 398 g/mol. The van der Waals surface area contributed by atoms with Gasteiger partial charge < -0.3 is 15.1 Å². The van der Waals surface area contributed by atoms with Crippen LogP contribution in [-0.2, 0) is 11.2 Å². The van der Waals surface area contributed by atoms with Gasteiger partial charge in [0.1, 0.15) is 17.2 Å². The first kappa shape index (κ1) is 20.4. The zero-order chi connectivity index (χ0) is 20.8. The molecule has 1 aliphatic rings. The molecule has 1 saturated heterocycles. The van der Waals surface area contributed by atoms with Crippen molar-refractivity contribution < 1.29 is 18.8 Å². The van der Waals surface area contributed by atoms with Gasteiger partial charge >= 0.3 is 0 Å². The number of piperazine rings is 1. The fraction of sp³-hybridized carbons (Fsp3) is 0.333. The molecular formula is C21H23FN4O3. The van der Waals surface area contributed by atoms with Gasteiger partial charge in [0, 0.05) is 39.6 Å². The summed E-state index contributed by atoms with van der Waals surface area (Å²) in [5.41, 5.74) is 0.837. The molecule has 1 aromatic carbocycles. The summed E-state index contributed by atoms with van der Waals surface area (Å²) >= 11 is 0. The Balaban J connectivity index is 1.57. The second-order valence-corrected chi connectivity index (χ2v) is 6.80. The summed E-state index contributed by atoms with van der Waals surface area (Å²) in [6.45, 7) is 3.59. The second-order valence-electron chi connectivity index (χ2n) is 6.80. The molecule has 1 aromatic heterocycles. The van der Waals surface area contributed by atoms with Crippen LogP contribution in [0.5, 0.6) is 0 Å². The van der Waals surface area contributed by atoms with Crippen LogP contribution in [0.3, 0.4) is 0 Å². The molecule has 1 aliphatic heterocycles. The molecule has 2 heterocycles. The highest BCUT2D eigenvalue weighted by molar-refractivity contribution is 5.96. The topological polar surface area (TPSA) is 82.6 Å². The van der Waals surface area contributed by atoms with Crippen molar-refractivity contribution in [3.63, 3.8) is 0 Å². The number of halogens is 1.